The Kier molecular flexibility index (Phi) is 7.16. The molecule has 4 nitrogen and oxygen atoms in total. The molecule has 0 aliphatic rings. The molecule has 2 aromatic rings. The molecule has 2 unspecified atom stereocenters. The summed E-state index contributed by atoms with van der Waals surface area (Å²) in [5.41, 5.74) is 2.34. The second kappa shape index (κ2) is 9.35. The zero-order valence-electron chi connectivity index (χ0n) is 15.1. The maximum atomic E-state index is 11.8. The topological polar surface area (TPSA) is 49.8 Å². The number of carbonyl (C=O) groups excluding carboxylic acids is 1. The minimum absolute atomic E-state index is 0.200. The lowest BCUT2D eigenvalue weighted by atomic mass is 9.97. The molecule has 0 radical (unpaired) electrons. The van der Waals surface area contributed by atoms with Crippen LogP contribution >= 0.6 is 0 Å². The number of nitrogens with zero attached hydrogens (tertiary/aromatic N) is 1. The number of benzene rings is 2. The summed E-state index contributed by atoms with van der Waals surface area (Å²) in [7, 11) is 1.35. The van der Waals surface area contributed by atoms with Crippen LogP contribution in [0.4, 0.5) is 0 Å². The molecule has 0 saturated heterocycles. The highest BCUT2D eigenvalue weighted by atomic mass is 16.5. The lowest BCUT2D eigenvalue weighted by molar-refractivity contribution is -0.150. The first-order valence-corrected chi connectivity index (χ1v) is 8.60. The lowest BCUT2D eigenvalue weighted by Crippen LogP contribution is -2.45. The molecule has 25 heavy (non-hydrogen) atoms. The maximum absolute atomic E-state index is 11.8. The monoisotopic (exact) mass is 341 g/mol. The molecule has 0 fully saturated rings. The highest BCUT2D eigenvalue weighted by Crippen LogP contribution is 2.19. The zero-order chi connectivity index (χ0) is 18.2. The summed E-state index contributed by atoms with van der Waals surface area (Å²) < 4.78 is 4.78. The van der Waals surface area contributed by atoms with E-state index in [0.717, 1.165) is 0 Å². The molecule has 134 valence electrons. The molecule has 0 spiro atoms. The Morgan fingerprint density at radius 3 is 1.80 bits per heavy atom. The highest BCUT2D eigenvalue weighted by Gasteiger charge is 2.31. The van der Waals surface area contributed by atoms with E-state index in [0.29, 0.717) is 13.1 Å². The van der Waals surface area contributed by atoms with Gasteiger partial charge in [0.15, 0.2) is 0 Å². The SMILES string of the molecule is COC(=O)C(C)C(O)[C@H](C)N(Cc1ccccc1)Cc1ccccc1. The van der Waals surface area contributed by atoms with E-state index in [1.54, 1.807) is 6.92 Å². The van der Waals surface area contributed by atoms with Gasteiger partial charge in [-0.05, 0) is 25.0 Å². The average molecular weight is 341 g/mol. The fourth-order valence-corrected chi connectivity index (χ4v) is 2.94. The van der Waals surface area contributed by atoms with Gasteiger partial charge in [-0.2, -0.15) is 0 Å². The van der Waals surface area contributed by atoms with Gasteiger partial charge in [0.1, 0.15) is 0 Å². The smallest absolute Gasteiger partial charge is 0.311 e. The van der Waals surface area contributed by atoms with Crippen LogP contribution in [0.1, 0.15) is 25.0 Å². The molecule has 2 aromatic carbocycles. The Morgan fingerprint density at radius 1 is 0.960 bits per heavy atom. The third-order valence-corrected chi connectivity index (χ3v) is 4.61. The van der Waals surface area contributed by atoms with E-state index in [9.17, 15) is 9.90 Å². The van der Waals surface area contributed by atoms with Crippen molar-refractivity contribution in [1.82, 2.24) is 4.90 Å². The molecular weight excluding hydrogens is 314 g/mol. The van der Waals surface area contributed by atoms with Crippen LogP contribution in [0.3, 0.4) is 0 Å². The molecule has 0 aromatic heterocycles. The van der Waals surface area contributed by atoms with Crippen LogP contribution in [0.5, 0.6) is 0 Å². The van der Waals surface area contributed by atoms with Gasteiger partial charge in [0.05, 0.1) is 19.1 Å². The van der Waals surface area contributed by atoms with Crippen molar-refractivity contribution in [3.63, 3.8) is 0 Å². The van der Waals surface area contributed by atoms with Crippen LogP contribution in [-0.4, -0.2) is 35.2 Å². The Bertz CT molecular complexity index is 603. The molecule has 0 saturated carbocycles. The Labute approximate surface area is 150 Å². The van der Waals surface area contributed by atoms with Gasteiger partial charge in [-0.3, -0.25) is 9.69 Å². The quantitative estimate of drug-likeness (QED) is 0.749. The normalized spacial score (nSPS) is 14.8. The van der Waals surface area contributed by atoms with Crippen molar-refractivity contribution in [3.05, 3.63) is 71.8 Å². The molecular formula is C21H27NO3. The number of ether oxygens (including phenoxy) is 1. The van der Waals surface area contributed by atoms with E-state index >= 15 is 0 Å². The standard InChI is InChI=1S/C21H27NO3/c1-16(21(24)25-3)20(23)17(2)22(14-18-10-6-4-7-11-18)15-19-12-8-5-9-13-19/h4-13,16-17,20,23H,14-15H2,1-3H3/t16?,17-,20?/m0/s1. The van der Waals surface area contributed by atoms with E-state index < -0.39 is 18.0 Å². The van der Waals surface area contributed by atoms with Crippen molar-refractivity contribution < 1.29 is 14.6 Å². The van der Waals surface area contributed by atoms with Crippen molar-refractivity contribution in [3.8, 4) is 0 Å². The zero-order valence-corrected chi connectivity index (χ0v) is 15.1. The summed E-state index contributed by atoms with van der Waals surface area (Å²) in [6.45, 7) is 5.05. The lowest BCUT2D eigenvalue weighted by Gasteiger charge is -2.34. The van der Waals surface area contributed by atoms with Crippen molar-refractivity contribution in [1.29, 1.82) is 0 Å². The molecule has 4 heteroatoms. The van der Waals surface area contributed by atoms with Gasteiger partial charge in [-0.15, -0.1) is 0 Å². The summed E-state index contributed by atoms with van der Waals surface area (Å²) in [5, 5.41) is 10.7. The average Bonchev–Trinajstić information content (AvgIpc) is 2.66. The van der Waals surface area contributed by atoms with Crippen molar-refractivity contribution in [2.75, 3.05) is 7.11 Å². The fraction of sp³-hybridized carbons (Fsp3) is 0.381. The summed E-state index contributed by atoms with van der Waals surface area (Å²) in [6, 6.07) is 20.1. The van der Waals surface area contributed by atoms with E-state index in [4.69, 9.17) is 4.74 Å². The van der Waals surface area contributed by atoms with Crippen LogP contribution in [-0.2, 0) is 22.6 Å². The van der Waals surface area contributed by atoms with E-state index in [1.807, 2.05) is 43.3 Å². The Balaban J connectivity index is 2.18. The number of methoxy groups -OCH3 is 1. The van der Waals surface area contributed by atoms with Crippen molar-refractivity contribution >= 4 is 5.97 Å². The number of aliphatic hydroxyl groups is 1. The van der Waals surface area contributed by atoms with E-state index in [-0.39, 0.29) is 6.04 Å². The molecule has 2 rings (SSSR count). The van der Waals surface area contributed by atoms with Crippen LogP contribution in [0, 0.1) is 5.92 Å². The first kappa shape index (κ1) is 19.2. The minimum atomic E-state index is -0.806. The highest BCUT2D eigenvalue weighted by molar-refractivity contribution is 5.72. The first-order valence-electron chi connectivity index (χ1n) is 8.60. The van der Waals surface area contributed by atoms with Gasteiger partial charge < -0.3 is 9.84 Å². The third-order valence-electron chi connectivity index (χ3n) is 4.61. The van der Waals surface area contributed by atoms with E-state index in [1.165, 1.54) is 18.2 Å². The summed E-state index contributed by atoms with van der Waals surface area (Å²) in [5.74, 6) is -0.965. The van der Waals surface area contributed by atoms with Crippen LogP contribution in [0.25, 0.3) is 0 Å². The summed E-state index contributed by atoms with van der Waals surface area (Å²) in [4.78, 5) is 14.0. The minimum Gasteiger partial charge on any atom is -0.469 e. The second-order valence-electron chi connectivity index (χ2n) is 6.42. The number of carbonyl (C=O) groups is 1. The molecule has 0 bridgehead atoms. The van der Waals surface area contributed by atoms with Gasteiger partial charge in [0, 0.05) is 19.1 Å². The van der Waals surface area contributed by atoms with Crippen LogP contribution in [0.2, 0.25) is 0 Å². The number of hydrogen-bond acceptors (Lipinski definition) is 4. The number of hydrogen-bond donors (Lipinski definition) is 1. The first-order chi connectivity index (χ1) is 12.0. The van der Waals surface area contributed by atoms with Gasteiger partial charge in [-0.1, -0.05) is 60.7 Å². The molecule has 0 aliphatic carbocycles. The Hall–Kier alpha value is -2.17. The van der Waals surface area contributed by atoms with E-state index in [2.05, 4.69) is 29.2 Å². The van der Waals surface area contributed by atoms with Gasteiger partial charge in [0.2, 0.25) is 0 Å². The predicted octanol–water partition coefficient (Wildman–Crippen LogP) is 3.25. The molecule has 0 aliphatic heterocycles. The number of aliphatic hydroxyl groups excluding tert-OH is 1. The number of esters is 1. The van der Waals surface area contributed by atoms with Gasteiger partial charge in [-0.25, -0.2) is 0 Å². The number of rotatable bonds is 8. The molecule has 3 atom stereocenters. The molecule has 0 amide bonds. The molecule has 1 N–H and O–H groups in total. The van der Waals surface area contributed by atoms with Crippen molar-refractivity contribution in [2.24, 2.45) is 5.92 Å². The maximum Gasteiger partial charge on any atom is 0.311 e. The Morgan fingerprint density at radius 2 is 1.40 bits per heavy atom. The predicted molar refractivity (Wildman–Crippen MR) is 98.8 cm³/mol. The van der Waals surface area contributed by atoms with Gasteiger partial charge in [0.25, 0.3) is 0 Å². The van der Waals surface area contributed by atoms with Crippen LogP contribution < -0.4 is 0 Å². The van der Waals surface area contributed by atoms with Crippen molar-refractivity contribution in [2.45, 2.75) is 39.1 Å². The van der Waals surface area contributed by atoms with Gasteiger partial charge >= 0.3 is 5.97 Å². The van der Waals surface area contributed by atoms with Crippen LogP contribution in [0.15, 0.2) is 60.7 Å². The fourth-order valence-electron chi connectivity index (χ4n) is 2.94. The third kappa shape index (κ3) is 5.41. The largest absolute Gasteiger partial charge is 0.469 e. The summed E-state index contributed by atoms with van der Waals surface area (Å²) in [6.07, 6.45) is -0.806. The second-order valence-corrected chi connectivity index (χ2v) is 6.42. The summed E-state index contributed by atoms with van der Waals surface area (Å²) >= 11 is 0. The molecule has 0 heterocycles.